The zero-order chi connectivity index (χ0) is 26.3. The van der Waals surface area contributed by atoms with Gasteiger partial charge in [-0.2, -0.15) is 57.1 Å². The summed E-state index contributed by atoms with van der Waals surface area (Å²) in [7, 11) is -3.29. The number of halogens is 13. The Kier molecular flexibility index (Phi) is 7.96. The second-order valence-corrected chi connectivity index (χ2v) is 9.80. The Hall–Kier alpha value is -1.55. The average Bonchev–Trinajstić information content (AvgIpc) is 2.67. The van der Waals surface area contributed by atoms with Crippen LogP contribution in [0.3, 0.4) is 0 Å². The fourth-order valence-corrected chi connectivity index (χ4v) is 4.98. The van der Waals surface area contributed by atoms with E-state index in [2.05, 4.69) is 0 Å². The van der Waals surface area contributed by atoms with Gasteiger partial charge < -0.3 is 8.85 Å². The monoisotopic (exact) mass is 528 g/mol. The van der Waals surface area contributed by atoms with Gasteiger partial charge >= 0.3 is 44.3 Å². The molecule has 0 saturated heterocycles. The maximum atomic E-state index is 14.2. The van der Waals surface area contributed by atoms with Crippen molar-refractivity contribution in [1.29, 1.82) is 0 Å². The normalized spacial score (nSPS) is 15.2. The molecule has 2 nitrogen and oxygen atoms in total. The van der Waals surface area contributed by atoms with E-state index in [0.29, 0.717) is 12.1 Å². The predicted octanol–water partition coefficient (Wildman–Crippen LogP) is 6.23. The van der Waals surface area contributed by atoms with Crippen molar-refractivity contribution in [3.05, 3.63) is 29.8 Å². The molecule has 1 aromatic rings. The molecule has 0 atom stereocenters. The van der Waals surface area contributed by atoms with E-state index in [1.54, 1.807) is 0 Å². The lowest BCUT2D eigenvalue weighted by molar-refractivity contribution is -0.441. The van der Waals surface area contributed by atoms with E-state index < -0.39 is 49.9 Å². The molecule has 0 saturated carbocycles. The number of rotatable bonds is 10. The summed E-state index contributed by atoms with van der Waals surface area (Å²) < 4.78 is 183. The molecule has 0 radical (unpaired) electrons. The van der Waals surface area contributed by atoms with Crippen LogP contribution in [0, 0.1) is 0 Å². The quantitative estimate of drug-likeness (QED) is 0.265. The van der Waals surface area contributed by atoms with Crippen molar-refractivity contribution in [2.45, 2.75) is 56.2 Å². The van der Waals surface area contributed by atoms with Crippen LogP contribution in [0.2, 0.25) is 6.55 Å². The van der Waals surface area contributed by atoms with Crippen LogP contribution in [-0.2, 0) is 14.8 Å². The minimum absolute atomic E-state index is 0.0229. The van der Waals surface area contributed by atoms with Gasteiger partial charge in [-0.25, -0.2) is 0 Å². The smallest absolute Gasteiger partial charge is 0.391 e. The van der Waals surface area contributed by atoms with Gasteiger partial charge in [-0.3, -0.25) is 0 Å². The zero-order valence-electron chi connectivity index (χ0n) is 17.0. The van der Waals surface area contributed by atoms with Crippen LogP contribution >= 0.6 is 0 Å². The predicted molar refractivity (Wildman–Crippen MR) is 90.7 cm³/mol. The summed E-state index contributed by atoms with van der Waals surface area (Å²) in [6.45, 7) is 4.61. The van der Waals surface area contributed by atoms with Crippen molar-refractivity contribution in [1.82, 2.24) is 0 Å². The third-order valence-corrected chi connectivity index (χ3v) is 7.61. The number of benzene rings is 1. The Morgan fingerprint density at radius 3 is 1.30 bits per heavy atom. The zero-order valence-corrected chi connectivity index (χ0v) is 18.0. The van der Waals surface area contributed by atoms with E-state index >= 15 is 0 Å². The molecule has 1 rings (SSSR count). The summed E-state index contributed by atoms with van der Waals surface area (Å²) in [4.78, 5) is 0. The van der Waals surface area contributed by atoms with Crippen molar-refractivity contribution in [2.75, 3.05) is 13.2 Å². The molecular weight excluding hydrogens is 511 g/mol. The highest BCUT2D eigenvalue weighted by molar-refractivity contribution is 6.79. The molecule has 0 bridgehead atoms. The molecule has 0 heterocycles. The molecular formula is C17H17F13O2Si. The Bertz CT molecular complexity index is 800. The van der Waals surface area contributed by atoms with Crippen LogP contribution in [0.5, 0.6) is 0 Å². The number of alkyl halides is 13. The summed E-state index contributed by atoms with van der Waals surface area (Å²) in [6, 6.07) is 1.56. The Balaban J connectivity index is 3.52. The third-order valence-electron chi connectivity index (χ3n) is 4.54. The van der Waals surface area contributed by atoms with E-state index in [9.17, 15) is 57.1 Å². The van der Waals surface area contributed by atoms with Crippen molar-refractivity contribution in [3.8, 4) is 0 Å². The maximum Gasteiger partial charge on any atom is 0.460 e. The van der Waals surface area contributed by atoms with Crippen LogP contribution in [0.1, 0.15) is 19.4 Å². The molecule has 0 aliphatic rings. The van der Waals surface area contributed by atoms with Gasteiger partial charge in [0.2, 0.25) is 0 Å². The first kappa shape index (κ1) is 29.5. The molecule has 0 unspecified atom stereocenters. The topological polar surface area (TPSA) is 18.5 Å². The van der Waals surface area contributed by atoms with Gasteiger partial charge in [0.25, 0.3) is 0 Å². The Morgan fingerprint density at radius 1 is 0.606 bits per heavy atom. The van der Waals surface area contributed by atoms with Gasteiger partial charge in [0.1, 0.15) is 0 Å². The van der Waals surface area contributed by atoms with E-state index in [4.69, 9.17) is 8.85 Å². The fourth-order valence-electron chi connectivity index (χ4n) is 2.69. The first-order chi connectivity index (χ1) is 14.6. The minimum atomic E-state index is -7.93. The molecule has 0 N–H and O–H groups in total. The average molecular weight is 528 g/mol. The van der Waals surface area contributed by atoms with Crippen molar-refractivity contribution < 1.29 is 65.9 Å². The van der Waals surface area contributed by atoms with Gasteiger partial charge in [-0.05, 0) is 25.6 Å². The highest BCUT2D eigenvalue weighted by Gasteiger charge is 2.90. The molecule has 0 aliphatic carbocycles. The summed E-state index contributed by atoms with van der Waals surface area (Å²) in [6.07, 6.45) is -7.44. The van der Waals surface area contributed by atoms with Gasteiger partial charge in [0.15, 0.2) is 0 Å². The number of hydrogen-bond donors (Lipinski definition) is 0. The van der Waals surface area contributed by atoms with Gasteiger partial charge in [-0.1, -0.05) is 24.3 Å². The highest BCUT2D eigenvalue weighted by atomic mass is 28.4. The van der Waals surface area contributed by atoms with Crippen LogP contribution < -0.4 is 5.19 Å². The van der Waals surface area contributed by atoms with Crippen molar-refractivity contribution in [3.63, 3.8) is 0 Å². The second kappa shape index (κ2) is 8.91. The first-order valence-electron chi connectivity index (χ1n) is 8.93. The van der Waals surface area contributed by atoms with Crippen molar-refractivity contribution in [2.24, 2.45) is 0 Å². The van der Waals surface area contributed by atoms with Crippen molar-refractivity contribution >= 4 is 13.7 Å². The largest absolute Gasteiger partial charge is 0.460 e. The third kappa shape index (κ3) is 4.57. The molecule has 0 aromatic heterocycles. The van der Waals surface area contributed by atoms with Gasteiger partial charge in [0, 0.05) is 18.8 Å². The summed E-state index contributed by atoms with van der Waals surface area (Å²) in [5, 5.41) is 0.0229. The molecule has 16 heteroatoms. The van der Waals surface area contributed by atoms with Gasteiger partial charge in [-0.15, -0.1) is 0 Å². The van der Waals surface area contributed by atoms with E-state index in [-0.39, 0.29) is 30.5 Å². The van der Waals surface area contributed by atoms with Crippen LogP contribution in [0.15, 0.2) is 24.3 Å². The van der Waals surface area contributed by atoms with Crippen LogP contribution in [0.25, 0.3) is 0 Å². The first-order valence-corrected chi connectivity index (χ1v) is 11.2. The minimum Gasteiger partial charge on any atom is -0.391 e. The molecule has 33 heavy (non-hydrogen) atoms. The summed E-state index contributed by atoms with van der Waals surface area (Å²) in [5.41, 5.74) is -2.05. The fraction of sp³-hybridized carbons (Fsp3) is 0.647. The van der Waals surface area contributed by atoms with E-state index in [1.807, 2.05) is 0 Å². The molecule has 1 aromatic carbocycles. The highest BCUT2D eigenvalue weighted by Crippen LogP contribution is 2.61. The molecule has 0 fully saturated rings. The van der Waals surface area contributed by atoms with E-state index in [1.165, 1.54) is 20.4 Å². The van der Waals surface area contributed by atoms with Crippen LogP contribution in [0.4, 0.5) is 57.1 Å². The maximum absolute atomic E-state index is 14.2. The standard InChI is InChI=1S/C17H17F13O2Si/c1-4-31-33(3,32-5-2)11-8-6-10(7-9-11)12(18,19)13(20,21)14(22,23)15(24,25)16(26,27)17(28,29)30/h6-9H,4-5H2,1-3H3. The number of hydrogen-bond acceptors (Lipinski definition) is 2. The second-order valence-electron chi connectivity index (χ2n) is 6.76. The lowest BCUT2D eigenvalue weighted by atomic mass is 9.90. The summed E-state index contributed by atoms with van der Waals surface area (Å²) >= 11 is 0. The Morgan fingerprint density at radius 2 is 0.970 bits per heavy atom. The molecule has 0 spiro atoms. The molecule has 192 valence electrons. The summed E-state index contributed by atoms with van der Waals surface area (Å²) in [5.74, 6) is -37.2. The molecule has 0 amide bonds. The SMILES string of the molecule is CCO[Si](C)(OCC)c1ccc(C(F)(F)C(F)(F)C(F)(F)C(F)(F)C(F)(F)C(F)(F)F)cc1. The van der Waals surface area contributed by atoms with Gasteiger partial charge in [0.05, 0.1) is 0 Å². The molecule has 0 aliphatic heterocycles. The lowest BCUT2D eigenvalue weighted by Crippen LogP contribution is -2.69. The van der Waals surface area contributed by atoms with Crippen LogP contribution in [-0.4, -0.2) is 51.6 Å². The van der Waals surface area contributed by atoms with E-state index in [0.717, 1.165) is 0 Å². The lowest BCUT2D eigenvalue weighted by Gasteiger charge is -2.39. The Labute approximate surface area is 179 Å².